The molecule has 7 aliphatic rings. The summed E-state index contributed by atoms with van der Waals surface area (Å²) < 4.78 is 97.6. The molecular weight excluding hydrogens is 1140 g/mol. The molecule has 0 aromatic rings. The van der Waals surface area contributed by atoms with Crippen LogP contribution in [0.5, 0.6) is 0 Å². The van der Waals surface area contributed by atoms with Crippen LogP contribution in [-0.4, -0.2) is 188 Å². The second-order valence-corrected chi connectivity index (χ2v) is 24.0. The molecule has 28 nitrogen and oxygen atoms in total. The third-order valence-corrected chi connectivity index (χ3v) is 17.8. The Morgan fingerprint density at radius 2 is 0.826 bits per heavy atom. The molecule has 2 bridgehead atoms. The molecule has 4 saturated carbocycles. The van der Waals surface area contributed by atoms with Gasteiger partial charge in [0, 0.05) is 69.2 Å². The smallest absolute Gasteiger partial charge is 0.309 e. The predicted molar refractivity (Wildman–Crippen MR) is 282 cm³/mol. The average Bonchev–Trinajstić information content (AvgIpc) is 1.40. The van der Waals surface area contributed by atoms with Crippen molar-refractivity contribution in [2.45, 2.75) is 239 Å². The second kappa shape index (κ2) is 27.0. The van der Waals surface area contributed by atoms with Crippen molar-refractivity contribution in [3.8, 4) is 0 Å². The van der Waals surface area contributed by atoms with Gasteiger partial charge in [0.05, 0.1) is 11.0 Å². The molecule has 0 radical (unpaired) electrons. The van der Waals surface area contributed by atoms with E-state index >= 15 is 0 Å². The minimum Gasteiger partial charge on any atom is -0.481 e. The number of fused-ring (bicyclic) bond motifs is 3. The zero-order valence-electron chi connectivity index (χ0n) is 50.5. The number of aliphatic carboxylic acids is 1. The van der Waals surface area contributed by atoms with Gasteiger partial charge in [-0.2, -0.15) is 0 Å². The molecule has 17 unspecified atom stereocenters. The summed E-state index contributed by atoms with van der Waals surface area (Å²) in [6.45, 7) is 16.8. The van der Waals surface area contributed by atoms with E-state index in [1.807, 2.05) is 6.92 Å². The fourth-order valence-corrected chi connectivity index (χ4v) is 14.8. The number of hydrogen-bond acceptors (Lipinski definition) is 27. The summed E-state index contributed by atoms with van der Waals surface area (Å²) in [4.78, 5) is 142. The highest BCUT2D eigenvalue weighted by molar-refractivity contribution is 5.75. The maximum atomic E-state index is 13.5. The summed E-state index contributed by atoms with van der Waals surface area (Å²) in [6.07, 6.45) is -22.6. The van der Waals surface area contributed by atoms with E-state index in [1.165, 1.54) is 0 Å². The van der Waals surface area contributed by atoms with Crippen molar-refractivity contribution in [1.82, 2.24) is 0 Å². The summed E-state index contributed by atoms with van der Waals surface area (Å²) >= 11 is 0. The third kappa shape index (κ3) is 14.6. The fraction of sp³-hybridized carbons (Fsp3) is 0.776. The van der Waals surface area contributed by atoms with Crippen molar-refractivity contribution >= 4 is 65.7 Å². The maximum absolute atomic E-state index is 13.5. The van der Waals surface area contributed by atoms with E-state index in [1.54, 1.807) is 0 Å². The second-order valence-electron chi connectivity index (χ2n) is 24.0. The first-order chi connectivity index (χ1) is 40.2. The van der Waals surface area contributed by atoms with Gasteiger partial charge in [0.15, 0.2) is 61.6 Å². The Morgan fingerprint density at radius 1 is 0.453 bits per heavy atom. The van der Waals surface area contributed by atoms with Crippen molar-refractivity contribution in [2.75, 3.05) is 19.8 Å². The number of hydrogen-bond donors (Lipinski definition) is 1. The van der Waals surface area contributed by atoms with E-state index in [0.717, 1.165) is 75.7 Å². The highest BCUT2D eigenvalue weighted by atomic mass is 16.8. The lowest BCUT2D eigenvalue weighted by molar-refractivity contribution is -0.400. The number of carboxylic acid groups (broad SMARTS) is 1. The lowest BCUT2D eigenvalue weighted by Gasteiger charge is -2.64. The lowest BCUT2D eigenvalue weighted by atomic mass is 9.41. The SMILES string of the molecule is C=C1C[C@@]23CCC4[C@@](C)(CCC[C@@]4(C)C(=O)O)C2CC[C@]1(OC1OC(COC(C)=O)C(OC(C)=O)C(OC2OC(COC(C)=O)C(OC(C)=O)C(OC(C)=O)C2OC(C)=O)C1OC1OC(COC(C)=O)C(OC(C)=O)C(OC(C)=O)C1OC(C)=O)C3. The van der Waals surface area contributed by atoms with E-state index in [4.69, 9.17) is 75.8 Å². The Bertz CT molecular complexity index is 2640. The molecular formula is C58H80O28. The first kappa shape index (κ1) is 67.2. The topological polar surface area (TPSA) is 356 Å². The summed E-state index contributed by atoms with van der Waals surface area (Å²) in [7, 11) is 0. The summed E-state index contributed by atoms with van der Waals surface area (Å²) in [6, 6.07) is 0. The summed E-state index contributed by atoms with van der Waals surface area (Å²) in [5.41, 5.74) is -2.53. The Labute approximate surface area is 496 Å². The number of ether oxygens (including phenoxy) is 16. The van der Waals surface area contributed by atoms with Crippen LogP contribution in [0.1, 0.15) is 141 Å². The van der Waals surface area contributed by atoms with Gasteiger partial charge in [-0.3, -0.25) is 52.7 Å². The molecule has 7 rings (SSSR count). The van der Waals surface area contributed by atoms with E-state index in [2.05, 4.69) is 13.5 Å². The van der Waals surface area contributed by atoms with Crippen LogP contribution in [-0.2, 0) is 129 Å². The van der Waals surface area contributed by atoms with Gasteiger partial charge in [-0.25, -0.2) is 0 Å². The van der Waals surface area contributed by atoms with Gasteiger partial charge in [-0.05, 0) is 86.5 Å². The molecule has 0 aromatic carbocycles. The van der Waals surface area contributed by atoms with Gasteiger partial charge < -0.3 is 80.9 Å². The Kier molecular flexibility index (Phi) is 21.1. The first-order valence-corrected chi connectivity index (χ1v) is 28.7. The molecule has 28 heteroatoms. The first-order valence-electron chi connectivity index (χ1n) is 28.7. The quantitative estimate of drug-likeness (QED) is 0.0790. The van der Waals surface area contributed by atoms with E-state index < -0.39 is 199 Å². The standard InChI is InChI=1S/C58H80O28/c1-26-21-57-19-15-40-55(12,17-14-18-56(40,13)54(69)70)41(57)16-20-58(26,25-57)86-53-50(85-52-49(80-36(11)68)46(78-34(9)66)43(75-31(6)63)38(82-52)23-72-28(3)60)47(44(76-32(7)64)39(83-53)24-73-29(4)61)84-51-48(79-35(10)67)45(77-33(8)65)42(74-30(5)62)37(81-51)22-71-27(2)59/h37-53H,1,14-25H2,2-13H3,(H,69,70)/t37?,38?,39?,40?,41?,42?,43?,44?,45?,46?,47?,48?,49?,50?,51?,52?,53?,55-,56-,57-,58+/m1/s1. The Morgan fingerprint density at radius 3 is 1.23 bits per heavy atom. The van der Waals surface area contributed by atoms with Crippen LogP contribution in [0.25, 0.3) is 0 Å². The normalized spacial score (nSPS) is 38.8. The minimum atomic E-state index is -2.07. The van der Waals surface area contributed by atoms with Crippen molar-refractivity contribution < 1.29 is 134 Å². The predicted octanol–water partition coefficient (Wildman–Crippen LogP) is 3.34. The average molecular weight is 1230 g/mol. The molecule has 7 fully saturated rings. The maximum Gasteiger partial charge on any atom is 0.309 e. The molecule has 86 heavy (non-hydrogen) atoms. The van der Waals surface area contributed by atoms with Crippen molar-refractivity contribution in [1.29, 1.82) is 0 Å². The van der Waals surface area contributed by atoms with E-state index in [0.29, 0.717) is 50.5 Å². The molecule has 3 aliphatic heterocycles. The highest BCUT2D eigenvalue weighted by Gasteiger charge is 2.70. The molecule has 3 saturated heterocycles. The zero-order valence-corrected chi connectivity index (χ0v) is 50.5. The molecule has 0 amide bonds. The van der Waals surface area contributed by atoms with Gasteiger partial charge in [-0.1, -0.05) is 19.9 Å². The van der Waals surface area contributed by atoms with Gasteiger partial charge in [0.2, 0.25) is 0 Å². The molecule has 3 heterocycles. The molecule has 21 atom stereocenters. The molecule has 0 aromatic heterocycles. The Hall–Kier alpha value is -6.33. The van der Waals surface area contributed by atoms with Crippen LogP contribution in [0.2, 0.25) is 0 Å². The number of esters is 10. The largest absolute Gasteiger partial charge is 0.481 e. The minimum absolute atomic E-state index is 0.00406. The van der Waals surface area contributed by atoms with Crippen LogP contribution in [0, 0.1) is 28.1 Å². The molecule has 4 aliphatic carbocycles. The molecule has 1 spiro atoms. The van der Waals surface area contributed by atoms with Gasteiger partial charge in [-0.15, -0.1) is 0 Å². The summed E-state index contributed by atoms with van der Waals surface area (Å²) in [5, 5.41) is 10.7. The number of rotatable bonds is 20. The van der Waals surface area contributed by atoms with Crippen LogP contribution in [0.4, 0.5) is 0 Å². The van der Waals surface area contributed by atoms with Crippen molar-refractivity contribution in [2.24, 2.45) is 28.1 Å². The van der Waals surface area contributed by atoms with Crippen LogP contribution in [0.15, 0.2) is 12.2 Å². The van der Waals surface area contributed by atoms with Crippen LogP contribution in [0.3, 0.4) is 0 Å². The third-order valence-electron chi connectivity index (χ3n) is 17.8. The van der Waals surface area contributed by atoms with Gasteiger partial charge >= 0.3 is 65.7 Å². The van der Waals surface area contributed by atoms with Gasteiger partial charge in [0.25, 0.3) is 0 Å². The van der Waals surface area contributed by atoms with Crippen LogP contribution >= 0.6 is 0 Å². The fourth-order valence-electron chi connectivity index (χ4n) is 14.8. The number of carboxylic acids is 1. The monoisotopic (exact) mass is 1220 g/mol. The number of carbonyl (C=O) groups excluding carboxylic acids is 10. The van der Waals surface area contributed by atoms with Crippen LogP contribution < -0.4 is 0 Å². The van der Waals surface area contributed by atoms with Gasteiger partial charge in [0.1, 0.15) is 50.3 Å². The lowest BCUT2D eigenvalue weighted by Crippen LogP contribution is -2.69. The number of carbonyl (C=O) groups is 11. The van der Waals surface area contributed by atoms with E-state index in [9.17, 15) is 57.8 Å². The van der Waals surface area contributed by atoms with Crippen molar-refractivity contribution in [3.05, 3.63) is 12.2 Å². The Balaban J connectivity index is 1.44. The highest BCUT2D eigenvalue weighted by Crippen LogP contribution is 2.73. The van der Waals surface area contributed by atoms with E-state index in [-0.39, 0.29) is 18.3 Å². The van der Waals surface area contributed by atoms with Crippen molar-refractivity contribution in [3.63, 3.8) is 0 Å². The zero-order chi connectivity index (χ0) is 63.5. The molecule has 480 valence electrons. The summed E-state index contributed by atoms with van der Waals surface area (Å²) in [5.74, 6) is -10.4. The molecule has 1 N–H and O–H groups in total.